The second kappa shape index (κ2) is 10.5. The number of morpholine rings is 1. The SMILES string of the molecule is COc1ccc(S(=O)(=O)N2CCCC2)cc1CCC(=O)Nc1ccc(N2CCOCC2)cc1. The minimum Gasteiger partial charge on any atom is -0.496 e. The Morgan fingerprint density at radius 1 is 1.03 bits per heavy atom. The first-order valence-electron chi connectivity index (χ1n) is 11.4. The van der Waals surface area contributed by atoms with Crippen molar-refractivity contribution in [1.29, 1.82) is 0 Å². The van der Waals surface area contributed by atoms with Crippen LogP contribution in [0.3, 0.4) is 0 Å². The molecule has 4 rings (SSSR count). The highest BCUT2D eigenvalue weighted by molar-refractivity contribution is 7.89. The van der Waals surface area contributed by atoms with Crippen LogP contribution in [-0.2, 0) is 26.0 Å². The van der Waals surface area contributed by atoms with Crippen molar-refractivity contribution in [3.05, 3.63) is 48.0 Å². The summed E-state index contributed by atoms with van der Waals surface area (Å²) in [5, 5.41) is 2.92. The van der Waals surface area contributed by atoms with E-state index in [2.05, 4.69) is 10.2 Å². The predicted octanol–water partition coefficient (Wildman–Crippen LogP) is 2.89. The zero-order valence-electron chi connectivity index (χ0n) is 19.0. The highest BCUT2D eigenvalue weighted by atomic mass is 32.2. The molecule has 0 bridgehead atoms. The number of nitrogens with one attached hydrogen (secondary N) is 1. The molecule has 0 unspecified atom stereocenters. The van der Waals surface area contributed by atoms with Crippen LogP contribution in [0.25, 0.3) is 0 Å². The van der Waals surface area contributed by atoms with Crippen LogP contribution in [0.1, 0.15) is 24.8 Å². The molecule has 0 saturated carbocycles. The van der Waals surface area contributed by atoms with Crippen LogP contribution >= 0.6 is 0 Å². The van der Waals surface area contributed by atoms with Crippen molar-refractivity contribution in [2.24, 2.45) is 0 Å². The second-order valence-electron chi connectivity index (χ2n) is 8.28. The standard InChI is InChI=1S/C24H31N3O5S/c1-31-23-10-9-22(33(29,30)27-12-2-3-13-27)18-19(23)4-11-24(28)25-20-5-7-21(8-6-20)26-14-16-32-17-15-26/h5-10,18H,2-4,11-17H2,1H3,(H,25,28). The zero-order valence-corrected chi connectivity index (χ0v) is 19.8. The van der Waals surface area contributed by atoms with Crippen LogP contribution in [-0.4, -0.2) is 65.1 Å². The summed E-state index contributed by atoms with van der Waals surface area (Å²) in [6.45, 7) is 4.28. The lowest BCUT2D eigenvalue weighted by atomic mass is 10.1. The molecule has 1 N–H and O–H groups in total. The molecule has 2 saturated heterocycles. The lowest BCUT2D eigenvalue weighted by Crippen LogP contribution is -2.36. The van der Waals surface area contributed by atoms with E-state index in [-0.39, 0.29) is 17.2 Å². The fourth-order valence-electron chi connectivity index (χ4n) is 4.24. The molecular weight excluding hydrogens is 442 g/mol. The molecule has 8 nitrogen and oxygen atoms in total. The molecule has 2 aromatic rings. The van der Waals surface area contributed by atoms with Crippen molar-refractivity contribution >= 4 is 27.3 Å². The molecule has 9 heteroatoms. The first kappa shape index (κ1) is 23.5. The maximum Gasteiger partial charge on any atom is 0.243 e. The third kappa shape index (κ3) is 5.66. The van der Waals surface area contributed by atoms with Crippen molar-refractivity contribution < 1.29 is 22.7 Å². The Kier molecular flexibility index (Phi) is 7.52. The van der Waals surface area contributed by atoms with Gasteiger partial charge in [0, 0.05) is 44.0 Å². The highest BCUT2D eigenvalue weighted by Crippen LogP contribution is 2.27. The smallest absolute Gasteiger partial charge is 0.243 e. The molecule has 2 aromatic carbocycles. The average Bonchev–Trinajstić information content (AvgIpc) is 3.40. The third-order valence-electron chi connectivity index (χ3n) is 6.10. The summed E-state index contributed by atoms with van der Waals surface area (Å²) in [5.41, 5.74) is 2.54. The summed E-state index contributed by atoms with van der Waals surface area (Å²) in [6.07, 6.45) is 2.37. The maximum atomic E-state index is 12.9. The molecule has 2 fully saturated rings. The first-order chi connectivity index (χ1) is 16.0. The van der Waals surface area contributed by atoms with Gasteiger partial charge in [-0.1, -0.05) is 0 Å². The molecule has 2 aliphatic rings. The second-order valence-corrected chi connectivity index (χ2v) is 10.2. The molecule has 0 aliphatic carbocycles. The zero-order chi connectivity index (χ0) is 23.3. The molecule has 1 amide bonds. The topological polar surface area (TPSA) is 88.2 Å². The van der Waals surface area contributed by atoms with Crippen molar-refractivity contribution in [3.8, 4) is 5.75 Å². The van der Waals surface area contributed by atoms with Gasteiger partial charge in [0.1, 0.15) is 5.75 Å². The summed E-state index contributed by atoms with van der Waals surface area (Å²) in [5.74, 6) is 0.446. The van der Waals surface area contributed by atoms with Crippen LogP contribution in [0.5, 0.6) is 5.75 Å². The number of methoxy groups -OCH3 is 1. The van der Waals surface area contributed by atoms with Gasteiger partial charge in [0.2, 0.25) is 15.9 Å². The van der Waals surface area contributed by atoms with E-state index in [9.17, 15) is 13.2 Å². The monoisotopic (exact) mass is 473 g/mol. The molecule has 178 valence electrons. The van der Waals surface area contributed by atoms with Gasteiger partial charge in [0.25, 0.3) is 0 Å². The number of hydrogen-bond acceptors (Lipinski definition) is 6. The molecule has 0 radical (unpaired) electrons. The van der Waals surface area contributed by atoms with Crippen LogP contribution in [0.15, 0.2) is 47.4 Å². The van der Waals surface area contributed by atoms with E-state index in [4.69, 9.17) is 9.47 Å². The van der Waals surface area contributed by atoms with Crippen molar-refractivity contribution in [2.45, 2.75) is 30.6 Å². The lowest BCUT2D eigenvalue weighted by molar-refractivity contribution is -0.116. The summed E-state index contributed by atoms with van der Waals surface area (Å²) in [7, 11) is -1.98. The third-order valence-corrected chi connectivity index (χ3v) is 8.00. The number of carbonyl (C=O) groups excluding carboxylic acids is 1. The van der Waals surface area contributed by atoms with Crippen LogP contribution in [0.4, 0.5) is 11.4 Å². The number of hydrogen-bond donors (Lipinski definition) is 1. The fraction of sp³-hybridized carbons (Fsp3) is 0.458. The van der Waals surface area contributed by atoms with E-state index in [1.165, 1.54) is 4.31 Å². The number of anilines is 2. The lowest BCUT2D eigenvalue weighted by Gasteiger charge is -2.28. The van der Waals surface area contributed by atoms with Crippen molar-refractivity contribution in [2.75, 3.05) is 56.7 Å². The number of ether oxygens (including phenoxy) is 2. The minimum absolute atomic E-state index is 0.135. The van der Waals surface area contributed by atoms with Gasteiger partial charge in [-0.05, 0) is 67.3 Å². The summed E-state index contributed by atoms with van der Waals surface area (Å²) < 4.78 is 38.1. The molecule has 0 atom stereocenters. The van der Waals surface area contributed by atoms with E-state index >= 15 is 0 Å². The fourth-order valence-corrected chi connectivity index (χ4v) is 5.81. The van der Waals surface area contributed by atoms with Gasteiger partial charge in [-0.2, -0.15) is 4.31 Å². The van der Waals surface area contributed by atoms with Gasteiger partial charge in [0.05, 0.1) is 25.2 Å². The van der Waals surface area contributed by atoms with Crippen LogP contribution < -0.4 is 15.0 Å². The van der Waals surface area contributed by atoms with Crippen molar-refractivity contribution in [1.82, 2.24) is 4.31 Å². The Bertz CT molecular complexity index is 1060. The number of sulfonamides is 1. The minimum atomic E-state index is -3.52. The van der Waals surface area contributed by atoms with Gasteiger partial charge in [-0.15, -0.1) is 0 Å². The highest BCUT2D eigenvalue weighted by Gasteiger charge is 2.27. The Balaban J connectivity index is 1.38. The van der Waals surface area contributed by atoms with Gasteiger partial charge < -0.3 is 19.7 Å². The quantitative estimate of drug-likeness (QED) is 0.634. The summed E-state index contributed by atoms with van der Waals surface area (Å²) in [6, 6.07) is 12.7. The number of benzene rings is 2. The summed E-state index contributed by atoms with van der Waals surface area (Å²) >= 11 is 0. The number of nitrogens with zero attached hydrogens (tertiary/aromatic N) is 2. The first-order valence-corrected chi connectivity index (χ1v) is 12.8. The Morgan fingerprint density at radius 2 is 1.73 bits per heavy atom. The predicted molar refractivity (Wildman–Crippen MR) is 127 cm³/mol. The Morgan fingerprint density at radius 3 is 2.39 bits per heavy atom. The number of carbonyl (C=O) groups is 1. The Hall–Kier alpha value is -2.62. The molecule has 0 spiro atoms. The number of rotatable bonds is 8. The van der Waals surface area contributed by atoms with Crippen LogP contribution in [0.2, 0.25) is 0 Å². The Labute approximate surface area is 195 Å². The maximum absolute atomic E-state index is 12.9. The molecular formula is C24H31N3O5S. The summed E-state index contributed by atoms with van der Waals surface area (Å²) in [4.78, 5) is 15.1. The number of amides is 1. The van der Waals surface area contributed by atoms with E-state index in [1.807, 2.05) is 24.3 Å². The normalized spacial score (nSPS) is 17.2. The number of aryl methyl sites for hydroxylation is 1. The van der Waals surface area contributed by atoms with E-state index in [0.29, 0.717) is 30.8 Å². The largest absolute Gasteiger partial charge is 0.496 e. The van der Waals surface area contributed by atoms with Crippen molar-refractivity contribution in [3.63, 3.8) is 0 Å². The average molecular weight is 474 g/mol. The van der Waals surface area contributed by atoms with Crippen LogP contribution in [0, 0.1) is 0 Å². The van der Waals surface area contributed by atoms with Gasteiger partial charge in [-0.3, -0.25) is 4.79 Å². The van der Waals surface area contributed by atoms with E-state index < -0.39 is 10.0 Å². The van der Waals surface area contributed by atoms with Gasteiger partial charge >= 0.3 is 0 Å². The molecule has 2 aliphatic heterocycles. The molecule has 0 aromatic heterocycles. The van der Waals surface area contributed by atoms with E-state index in [0.717, 1.165) is 50.5 Å². The van der Waals surface area contributed by atoms with Gasteiger partial charge in [-0.25, -0.2) is 8.42 Å². The molecule has 33 heavy (non-hydrogen) atoms. The molecule has 2 heterocycles. The van der Waals surface area contributed by atoms with Gasteiger partial charge in [0.15, 0.2) is 0 Å². The van der Waals surface area contributed by atoms with E-state index in [1.54, 1.807) is 25.3 Å².